The number of carbonyl (C=O) groups excluding carboxylic acids is 1. The van der Waals surface area contributed by atoms with Crippen LogP contribution in [0.25, 0.3) is 0 Å². The van der Waals surface area contributed by atoms with Gasteiger partial charge in [-0.05, 0) is 6.07 Å². The molecule has 1 aromatic heterocycles. The lowest BCUT2D eigenvalue weighted by Crippen LogP contribution is -2.25. The maximum Gasteiger partial charge on any atom is 0.433 e. The number of amides is 1. The van der Waals surface area contributed by atoms with E-state index in [4.69, 9.17) is 9.52 Å². The van der Waals surface area contributed by atoms with Crippen LogP contribution >= 0.6 is 0 Å². The molecule has 8 nitrogen and oxygen atoms in total. The van der Waals surface area contributed by atoms with Crippen molar-refractivity contribution in [1.29, 1.82) is 0 Å². The number of aliphatic carboxylic acids is 1. The Morgan fingerprint density at radius 2 is 2.33 bits per heavy atom. The number of carboxylic acids is 1. The first-order valence-electron chi connectivity index (χ1n) is 5.21. The fourth-order valence-electron chi connectivity index (χ4n) is 1.83. The molecule has 0 radical (unpaired) electrons. The minimum Gasteiger partial charge on any atom is -0.481 e. The van der Waals surface area contributed by atoms with Gasteiger partial charge in [0, 0.05) is 13.0 Å². The number of hydrogen-bond donors (Lipinski definition) is 1. The fourth-order valence-corrected chi connectivity index (χ4v) is 1.83. The molecule has 2 heterocycles. The van der Waals surface area contributed by atoms with Gasteiger partial charge in [0.05, 0.1) is 18.5 Å². The highest BCUT2D eigenvalue weighted by molar-refractivity contribution is 5.85. The van der Waals surface area contributed by atoms with Gasteiger partial charge < -0.3 is 14.4 Å². The van der Waals surface area contributed by atoms with E-state index in [1.165, 1.54) is 17.0 Å². The Labute approximate surface area is 101 Å². The van der Waals surface area contributed by atoms with E-state index in [9.17, 15) is 19.7 Å². The minimum absolute atomic E-state index is 0.0435. The molecule has 0 aliphatic carbocycles. The van der Waals surface area contributed by atoms with E-state index in [-0.39, 0.29) is 31.2 Å². The number of nitrogens with zero attached hydrogens (tertiary/aromatic N) is 2. The molecule has 1 saturated heterocycles. The van der Waals surface area contributed by atoms with Crippen molar-refractivity contribution in [2.24, 2.45) is 5.92 Å². The molecule has 0 aromatic carbocycles. The maximum absolute atomic E-state index is 11.5. The lowest BCUT2D eigenvalue weighted by molar-refractivity contribution is -0.402. The molecule has 8 heteroatoms. The summed E-state index contributed by atoms with van der Waals surface area (Å²) in [6.45, 7) is 0.152. The number of furan rings is 1. The van der Waals surface area contributed by atoms with E-state index in [2.05, 4.69) is 0 Å². The SMILES string of the molecule is O=C(O)C1CC(=O)N(Cc2ccc([N+](=O)[O-])o2)C1. The maximum atomic E-state index is 11.5. The van der Waals surface area contributed by atoms with Gasteiger partial charge in [-0.3, -0.25) is 19.7 Å². The summed E-state index contributed by atoms with van der Waals surface area (Å²) in [5.41, 5.74) is 0. The zero-order chi connectivity index (χ0) is 13.3. The molecule has 1 aliphatic rings. The van der Waals surface area contributed by atoms with Crippen molar-refractivity contribution in [2.75, 3.05) is 6.54 Å². The van der Waals surface area contributed by atoms with Crippen LogP contribution < -0.4 is 0 Å². The molecule has 0 saturated carbocycles. The number of nitro groups is 1. The third kappa shape index (κ3) is 2.31. The minimum atomic E-state index is -1.02. The van der Waals surface area contributed by atoms with Crippen LogP contribution in [0.4, 0.5) is 5.88 Å². The third-order valence-electron chi connectivity index (χ3n) is 2.74. The first-order valence-corrected chi connectivity index (χ1v) is 5.21. The summed E-state index contributed by atoms with van der Waals surface area (Å²) in [5.74, 6) is -2.16. The van der Waals surface area contributed by atoms with Crippen LogP contribution in [0.1, 0.15) is 12.2 Å². The standard InChI is InChI=1S/C10H10N2O6/c13-8-3-6(10(14)15)4-11(8)5-7-1-2-9(18-7)12(16)17/h1-2,6H,3-5H2,(H,14,15). The number of carboxylic acid groups (broad SMARTS) is 1. The molecule has 1 N–H and O–H groups in total. The Hall–Kier alpha value is -2.38. The Morgan fingerprint density at radius 1 is 1.61 bits per heavy atom. The Balaban J connectivity index is 2.03. The fraction of sp³-hybridized carbons (Fsp3) is 0.400. The normalized spacial score (nSPS) is 19.2. The summed E-state index contributed by atoms with van der Waals surface area (Å²) in [7, 11) is 0. The van der Waals surface area contributed by atoms with Gasteiger partial charge in [0.15, 0.2) is 0 Å². The summed E-state index contributed by atoms with van der Waals surface area (Å²) < 4.78 is 4.91. The highest BCUT2D eigenvalue weighted by Gasteiger charge is 2.34. The molecule has 1 atom stereocenters. The highest BCUT2D eigenvalue weighted by Crippen LogP contribution is 2.22. The van der Waals surface area contributed by atoms with E-state index in [1.807, 2.05) is 0 Å². The first-order chi connectivity index (χ1) is 8.47. The van der Waals surface area contributed by atoms with Gasteiger partial charge in [-0.1, -0.05) is 0 Å². The molecule has 1 unspecified atom stereocenters. The predicted molar refractivity (Wildman–Crippen MR) is 56.5 cm³/mol. The smallest absolute Gasteiger partial charge is 0.433 e. The van der Waals surface area contributed by atoms with Crippen LogP contribution in [0.15, 0.2) is 16.5 Å². The zero-order valence-electron chi connectivity index (χ0n) is 9.24. The lowest BCUT2D eigenvalue weighted by atomic mass is 10.1. The molecule has 18 heavy (non-hydrogen) atoms. The largest absolute Gasteiger partial charge is 0.481 e. The Morgan fingerprint density at radius 3 is 2.83 bits per heavy atom. The summed E-state index contributed by atoms with van der Waals surface area (Å²) >= 11 is 0. The van der Waals surface area contributed by atoms with E-state index >= 15 is 0 Å². The molecular weight excluding hydrogens is 244 g/mol. The summed E-state index contributed by atoms with van der Waals surface area (Å²) in [4.78, 5) is 33.3. The molecule has 1 aromatic rings. The van der Waals surface area contributed by atoms with Gasteiger partial charge in [0.25, 0.3) is 0 Å². The van der Waals surface area contributed by atoms with Gasteiger partial charge in [0.2, 0.25) is 5.91 Å². The molecular formula is C10H10N2O6. The molecule has 1 amide bonds. The second-order valence-electron chi connectivity index (χ2n) is 4.01. The second-order valence-corrected chi connectivity index (χ2v) is 4.01. The third-order valence-corrected chi connectivity index (χ3v) is 2.74. The van der Waals surface area contributed by atoms with Gasteiger partial charge in [-0.25, -0.2) is 0 Å². The van der Waals surface area contributed by atoms with E-state index in [0.29, 0.717) is 0 Å². The van der Waals surface area contributed by atoms with Crippen molar-refractivity contribution in [1.82, 2.24) is 4.90 Å². The number of likely N-dealkylation sites (tertiary alicyclic amines) is 1. The van der Waals surface area contributed by atoms with Gasteiger partial charge in [-0.2, -0.15) is 0 Å². The van der Waals surface area contributed by atoms with Gasteiger partial charge in [-0.15, -0.1) is 0 Å². The number of rotatable bonds is 4. The molecule has 0 bridgehead atoms. The first kappa shape index (κ1) is 12.1. The Kier molecular flexibility index (Phi) is 3.00. The summed E-state index contributed by atoms with van der Waals surface area (Å²) in [5, 5.41) is 19.2. The van der Waals surface area contributed by atoms with Crippen LogP contribution in [-0.4, -0.2) is 33.4 Å². The van der Waals surface area contributed by atoms with Crippen molar-refractivity contribution in [3.05, 3.63) is 28.0 Å². The number of carbonyl (C=O) groups is 2. The average Bonchev–Trinajstić information content (AvgIpc) is 2.87. The van der Waals surface area contributed by atoms with Crippen LogP contribution in [0.5, 0.6) is 0 Å². The van der Waals surface area contributed by atoms with E-state index in [1.54, 1.807) is 0 Å². The quantitative estimate of drug-likeness (QED) is 0.622. The van der Waals surface area contributed by atoms with Crippen molar-refractivity contribution >= 4 is 17.8 Å². The van der Waals surface area contributed by atoms with Gasteiger partial charge >= 0.3 is 11.9 Å². The van der Waals surface area contributed by atoms with Crippen LogP contribution in [0.3, 0.4) is 0 Å². The van der Waals surface area contributed by atoms with Crippen molar-refractivity contribution < 1.29 is 24.0 Å². The zero-order valence-corrected chi connectivity index (χ0v) is 9.24. The van der Waals surface area contributed by atoms with E-state index < -0.39 is 22.7 Å². The van der Waals surface area contributed by atoms with Gasteiger partial charge in [0.1, 0.15) is 10.7 Å². The second kappa shape index (κ2) is 4.47. The summed E-state index contributed by atoms with van der Waals surface area (Å²) in [6, 6.07) is 2.60. The van der Waals surface area contributed by atoms with Crippen molar-refractivity contribution in [3.8, 4) is 0 Å². The molecule has 1 aliphatic heterocycles. The Bertz CT molecular complexity index is 508. The van der Waals surface area contributed by atoms with E-state index in [0.717, 1.165) is 0 Å². The molecule has 2 rings (SSSR count). The van der Waals surface area contributed by atoms with Crippen LogP contribution in [0.2, 0.25) is 0 Å². The summed E-state index contributed by atoms with van der Waals surface area (Å²) in [6.07, 6.45) is -0.0435. The van der Waals surface area contributed by atoms with Crippen molar-refractivity contribution in [3.63, 3.8) is 0 Å². The molecule has 96 valence electrons. The van der Waals surface area contributed by atoms with Crippen LogP contribution in [-0.2, 0) is 16.1 Å². The topological polar surface area (TPSA) is 114 Å². The number of hydrogen-bond acceptors (Lipinski definition) is 5. The lowest BCUT2D eigenvalue weighted by Gasteiger charge is -2.13. The molecule has 0 spiro atoms. The van der Waals surface area contributed by atoms with Crippen LogP contribution in [0, 0.1) is 16.0 Å². The highest BCUT2D eigenvalue weighted by atomic mass is 16.6. The van der Waals surface area contributed by atoms with Crippen molar-refractivity contribution in [2.45, 2.75) is 13.0 Å². The average molecular weight is 254 g/mol. The molecule has 1 fully saturated rings. The monoisotopic (exact) mass is 254 g/mol. The predicted octanol–water partition coefficient (Wildman–Crippen LogP) is 0.621.